The van der Waals surface area contributed by atoms with Crippen LogP contribution in [0.25, 0.3) is 0 Å². The molecule has 0 saturated carbocycles. The lowest BCUT2D eigenvalue weighted by Gasteiger charge is -2.26. The van der Waals surface area contributed by atoms with Gasteiger partial charge in [0.15, 0.2) is 0 Å². The van der Waals surface area contributed by atoms with Crippen LogP contribution in [0, 0.1) is 35.0 Å². The summed E-state index contributed by atoms with van der Waals surface area (Å²) in [6.45, 7) is 33.1. The van der Waals surface area contributed by atoms with Crippen molar-refractivity contribution in [1.82, 2.24) is 0 Å². The van der Waals surface area contributed by atoms with Gasteiger partial charge in [0.1, 0.15) is 24.7 Å². The molecule has 0 aliphatic rings. The van der Waals surface area contributed by atoms with E-state index in [1.165, 1.54) is 11.1 Å². The lowest BCUT2D eigenvalue weighted by Crippen LogP contribution is -2.23. The van der Waals surface area contributed by atoms with E-state index in [1.807, 2.05) is 24.3 Å². The van der Waals surface area contributed by atoms with E-state index < -0.39 is 24.4 Å². The predicted molar refractivity (Wildman–Crippen MR) is 238 cm³/mol. The first-order valence-corrected chi connectivity index (χ1v) is 21.7. The Balaban J connectivity index is 0.000000998. The minimum absolute atomic E-state index is 0.116. The summed E-state index contributed by atoms with van der Waals surface area (Å²) in [5.74, 6) is 3.99. The summed E-state index contributed by atoms with van der Waals surface area (Å²) in [7, 11) is 0. The van der Waals surface area contributed by atoms with Crippen molar-refractivity contribution < 1.29 is 39.7 Å². The van der Waals surface area contributed by atoms with E-state index in [2.05, 4.69) is 128 Å². The number of hydrogen-bond donors (Lipinski definition) is 5. The van der Waals surface area contributed by atoms with Crippen molar-refractivity contribution in [2.24, 2.45) is 35.0 Å². The van der Waals surface area contributed by atoms with E-state index in [9.17, 15) is 25.5 Å². The highest BCUT2D eigenvalue weighted by Gasteiger charge is 2.23. The van der Waals surface area contributed by atoms with Crippen LogP contribution in [-0.2, 0) is 10.2 Å². The molecule has 2 aromatic carbocycles. The Morgan fingerprint density at radius 1 is 0.404 bits per heavy atom. The first-order valence-electron chi connectivity index (χ1n) is 21.7. The molecule has 8 nitrogen and oxygen atoms in total. The highest BCUT2D eigenvalue weighted by Crippen LogP contribution is 2.33. The van der Waals surface area contributed by atoms with Gasteiger partial charge < -0.3 is 39.7 Å². The maximum Gasteiger partial charge on any atom is 0.119 e. The summed E-state index contributed by atoms with van der Waals surface area (Å²) in [5, 5.41) is 48.6. The van der Waals surface area contributed by atoms with E-state index in [0.717, 1.165) is 50.0 Å². The summed E-state index contributed by atoms with van der Waals surface area (Å²) < 4.78 is 16.7. The molecular formula is C49H88O8. The Bertz CT molecular complexity index is 1170. The number of benzene rings is 2. The third kappa shape index (κ3) is 28.8. The van der Waals surface area contributed by atoms with Gasteiger partial charge in [-0.1, -0.05) is 128 Å². The number of rotatable bonds is 23. The molecular weight excluding hydrogens is 717 g/mol. The maximum absolute atomic E-state index is 9.99. The summed E-state index contributed by atoms with van der Waals surface area (Å²) in [6, 6.07) is 16.2. The van der Waals surface area contributed by atoms with Crippen LogP contribution in [0.2, 0.25) is 0 Å². The van der Waals surface area contributed by atoms with Gasteiger partial charge in [0.2, 0.25) is 0 Å². The van der Waals surface area contributed by atoms with Crippen LogP contribution >= 0.6 is 0 Å². The van der Waals surface area contributed by atoms with Gasteiger partial charge >= 0.3 is 0 Å². The van der Waals surface area contributed by atoms with Gasteiger partial charge in [-0.3, -0.25) is 0 Å². The van der Waals surface area contributed by atoms with Crippen LogP contribution in [0.5, 0.6) is 11.5 Å². The average molecular weight is 805 g/mol. The van der Waals surface area contributed by atoms with Gasteiger partial charge in [0.05, 0.1) is 43.7 Å². The fourth-order valence-corrected chi connectivity index (χ4v) is 6.61. The number of ether oxygens (including phenoxy) is 3. The Morgan fingerprint density at radius 2 is 0.667 bits per heavy atom. The zero-order valence-electron chi connectivity index (χ0n) is 38.9. The van der Waals surface area contributed by atoms with Gasteiger partial charge in [-0.25, -0.2) is 0 Å². The Kier molecular flexibility index (Phi) is 27.2. The molecule has 0 spiro atoms. The standard InChI is InChI=1S/C27H40O4.C12H26O3.C10H22O/c1-19(2)15-23(28)17-30-25-11-7-21(8-12-25)27(5,6)22-9-13-26(14-10-22)31-18-24(29)16-20(3)4;1-9(2)5-11(13)7-15-8-12(14)6-10(3)4;1-8(2)6-9(11)7-10(3,4)5/h7-14,19-20,23-24,28-29H,15-18H2,1-6H3;9-14H,5-8H2,1-4H3;8-9,11H,6-7H2,1-5H3. The zero-order chi connectivity index (χ0) is 43.9. The second-order valence-electron chi connectivity index (χ2n) is 20.0. The molecule has 0 amide bonds. The van der Waals surface area contributed by atoms with Crippen LogP contribution in [0.15, 0.2) is 48.5 Å². The van der Waals surface area contributed by atoms with Crippen molar-refractivity contribution in [2.75, 3.05) is 26.4 Å². The molecule has 0 heterocycles. The van der Waals surface area contributed by atoms with Crippen LogP contribution in [0.1, 0.15) is 154 Å². The largest absolute Gasteiger partial charge is 0.491 e. The number of aliphatic hydroxyl groups is 5. The molecule has 0 radical (unpaired) electrons. The quantitative estimate of drug-likeness (QED) is 0.0751. The molecule has 2 aromatic rings. The lowest BCUT2D eigenvalue weighted by atomic mass is 9.78. The maximum atomic E-state index is 9.99. The molecule has 8 heteroatoms. The van der Waals surface area contributed by atoms with Crippen molar-refractivity contribution in [3.63, 3.8) is 0 Å². The molecule has 0 saturated heterocycles. The van der Waals surface area contributed by atoms with Crippen LogP contribution < -0.4 is 9.47 Å². The molecule has 2 rings (SSSR count). The lowest BCUT2D eigenvalue weighted by molar-refractivity contribution is -0.0179. The van der Waals surface area contributed by atoms with Gasteiger partial charge in [-0.15, -0.1) is 0 Å². The molecule has 0 aliphatic carbocycles. The summed E-state index contributed by atoms with van der Waals surface area (Å²) in [6.07, 6.45) is 3.00. The highest BCUT2D eigenvalue weighted by atomic mass is 16.5. The highest BCUT2D eigenvalue weighted by molar-refractivity contribution is 5.41. The average Bonchev–Trinajstić information content (AvgIpc) is 3.05. The van der Waals surface area contributed by atoms with Crippen LogP contribution in [0.3, 0.4) is 0 Å². The number of aliphatic hydroxyl groups excluding tert-OH is 5. The van der Waals surface area contributed by atoms with E-state index in [4.69, 9.17) is 14.2 Å². The Hall–Kier alpha value is -2.20. The van der Waals surface area contributed by atoms with E-state index >= 15 is 0 Å². The van der Waals surface area contributed by atoms with Crippen LogP contribution in [-0.4, -0.2) is 82.5 Å². The summed E-state index contributed by atoms with van der Waals surface area (Å²) in [4.78, 5) is 0. The number of hydrogen-bond acceptors (Lipinski definition) is 8. The smallest absolute Gasteiger partial charge is 0.119 e. The van der Waals surface area contributed by atoms with Crippen molar-refractivity contribution in [2.45, 2.75) is 178 Å². The van der Waals surface area contributed by atoms with Gasteiger partial charge in [0, 0.05) is 5.41 Å². The predicted octanol–water partition coefficient (Wildman–Crippen LogP) is 10.2. The molecule has 0 bridgehead atoms. The second kappa shape index (κ2) is 28.3. The topological polar surface area (TPSA) is 129 Å². The van der Waals surface area contributed by atoms with Crippen molar-refractivity contribution in [3.05, 3.63) is 59.7 Å². The third-order valence-corrected chi connectivity index (χ3v) is 9.22. The Labute approximate surface area is 349 Å². The molecule has 0 aliphatic heterocycles. The first kappa shape index (κ1) is 54.8. The van der Waals surface area contributed by atoms with Gasteiger partial charge in [0.25, 0.3) is 0 Å². The van der Waals surface area contributed by atoms with Crippen molar-refractivity contribution in [1.29, 1.82) is 0 Å². The zero-order valence-corrected chi connectivity index (χ0v) is 38.9. The molecule has 5 atom stereocenters. The monoisotopic (exact) mass is 805 g/mol. The molecule has 5 unspecified atom stereocenters. The van der Waals surface area contributed by atoms with E-state index in [-0.39, 0.29) is 16.9 Å². The SMILES string of the molecule is CC(C)CC(O)CC(C)(C)C.CC(C)CC(O)COCC(O)CC(C)C.CC(C)CC(O)COc1ccc(C(C)(C)c2ccc(OCC(O)CC(C)C)cc2)cc1. The van der Waals surface area contributed by atoms with Gasteiger partial charge in [-0.05, 0) is 109 Å². The third-order valence-electron chi connectivity index (χ3n) is 9.22. The first-order chi connectivity index (χ1) is 26.3. The van der Waals surface area contributed by atoms with E-state index in [1.54, 1.807) is 0 Å². The van der Waals surface area contributed by atoms with Crippen molar-refractivity contribution >= 4 is 0 Å². The second-order valence-corrected chi connectivity index (χ2v) is 20.0. The molecule has 57 heavy (non-hydrogen) atoms. The molecule has 332 valence electrons. The minimum Gasteiger partial charge on any atom is -0.491 e. The fourth-order valence-electron chi connectivity index (χ4n) is 6.61. The van der Waals surface area contributed by atoms with E-state index in [0.29, 0.717) is 56.0 Å². The minimum atomic E-state index is -0.441. The Morgan fingerprint density at radius 3 is 0.930 bits per heavy atom. The van der Waals surface area contributed by atoms with Crippen LogP contribution in [0.4, 0.5) is 0 Å². The fraction of sp³-hybridized carbons (Fsp3) is 0.755. The summed E-state index contributed by atoms with van der Waals surface area (Å²) in [5.41, 5.74) is 2.45. The molecule has 0 fully saturated rings. The normalized spacial score (nSPS) is 14.8. The molecule has 0 aromatic heterocycles. The molecule has 5 N–H and O–H groups in total. The van der Waals surface area contributed by atoms with Crippen molar-refractivity contribution in [3.8, 4) is 11.5 Å². The summed E-state index contributed by atoms with van der Waals surface area (Å²) >= 11 is 0. The van der Waals surface area contributed by atoms with Gasteiger partial charge in [-0.2, -0.15) is 0 Å².